The monoisotopic (exact) mass is 252 g/mol. The minimum absolute atomic E-state index is 0.701. The molecule has 7 heteroatoms. The first-order valence-corrected chi connectivity index (χ1v) is 6.81. The van der Waals surface area contributed by atoms with E-state index in [4.69, 9.17) is 10.8 Å². The minimum Gasteiger partial charge on any atom is -0.465 e. The average Bonchev–Trinajstić information content (AvgIpc) is 1.97. The SMILES string of the molecule is CC(C(N)S(C)(=O)=O)N(C(=O)O)C(C)(C)C. The molecule has 0 saturated heterocycles. The van der Waals surface area contributed by atoms with Crippen LogP contribution in [0.25, 0.3) is 0 Å². The molecule has 0 rings (SSSR count). The van der Waals surface area contributed by atoms with Gasteiger partial charge in [-0.2, -0.15) is 0 Å². The van der Waals surface area contributed by atoms with Gasteiger partial charge in [0.2, 0.25) is 0 Å². The summed E-state index contributed by atoms with van der Waals surface area (Å²) in [4.78, 5) is 12.1. The van der Waals surface area contributed by atoms with Crippen LogP contribution >= 0.6 is 0 Å². The number of sulfone groups is 1. The van der Waals surface area contributed by atoms with Gasteiger partial charge >= 0.3 is 6.09 Å². The highest BCUT2D eigenvalue weighted by Crippen LogP contribution is 2.20. The Morgan fingerprint density at radius 3 is 1.94 bits per heavy atom. The summed E-state index contributed by atoms with van der Waals surface area (Å²) in [5.41, 5.74) is 4.84. The van der Waals surface area contributed by atoms with E-state index < -0.39 is 32.9 Å². The van der Waals surface area contributed by atoms with Gasteiger partial charge in [0.05, 0.1) is 6.04 Å². The number of hydrogen-bond acceptors (Lipinski definition) is 4. The van der Waals surface area contributed by atoms with E-state index in [9.17, 15) is 13.2 Å². The fourth-order valence-corrected chi connectivity index (χ4v) is 2.41. The number of carboxylic acid groups (broad SMARTS) is 1. The fraction of sp³-hybridized carbons (Fsp3) is 0.889. The van der Waals surface area contributed by atoms with Crippen LogP contribution < -0.4 is 5.73 Å². The molecule has 0 aliphatic heterocycles. The molecule has 16 heavy (non-hydrogen) atoms. The Morgan fingerprint density at radius 2 is 1.75 bits per heavy atom. The Kier molecular flexibility index (Phi) is 4.35. The predicted molar refractivity (Wildman–Crippen MR) is 61.9 cm³/mol. The number of nitrogens with zero attached hydrogens (tertiary/aromatic N) is 1. The van der Waals surface area contributed by atoms with Crippen molar-refractivity contribution < 1.29 is 18.3 Å². The van der Waals surface area contributed by atoms with Gasteiger partial charge in [0, 0.05) is 11.8 Å². The highest BCUT2D eigenvalue weighted by atomic mass is 32.2. The third-order valence-electron chi connectivity index (χ3n) is 2.31. The van der Waals surface area contributed by atoms with Crippen LogP contribution in [0, 0.1) is 0 Å². The lowest BCUT2D eigenvalue weighted by Crippen LogP contribution is -2.58. The quantitative estimate of drug-likeness (QED) is 0.761. The molecule has 0 fully saturated rings. The topological polar surface area (TPSA) is 101 Å². The molecule has 1 amide bonds. The van der Waals surface area contributed by atoms with Gasteiger partial charge in [0.15, 0.2) is 9.84 Å². The van der Waals surface area contributed by atoms with Gasteiger partial charge in [-0.3, -0.25) is 4.90 Å². The van der Waals surface area contributed by atoms with E-state index in [-0.39, 0.29) is 0 Å². The number of carbonyl (C=O) groups is 1. The van der Waals surface area contributed by atoms with Crippen molar-refractivity contribution in [2.24, 2.45) is 5.73 Å². The first-order valence-electron chi connectivity index (χ1n) is 4.85. The van der Waals surface area contributed by atoms with Crippen LogP contribution in [0.1, 0.15) is 27.7 Å². The molecule has 0 saturated carbocycles. The van der Waals surface area contributed by atoms with Gasteiger partial charge in [-0.15, -0.1) is 0 Å². The largest absolute Gasteiger partial charge is 0.465 e. The van der Waals surface area contributed by atoms with E-state index in [1.54, 1.807) is 20.8 Å². The van der Waals surface area contributed by atoms with Crippen LogP contribution in [0.3, 0.4) is 0 Å². The number of rotatable bonds is 3. The van der Waals surface area contributed by atoms with Crippen LogP contribution in [-0.2, 0) is 9.84 Å². The van der Waals surface area contributed by atoms with Crippen LogP contribution in [0.15, 0.2) is 0 Å². The van der Waals surface area contributed by atoms with Crippen molar-refractivity contribution in [3.63, 3.8) is 0 Å². The molecule has 0 aromatic heterocycles. The first kappa shape index (κ1) is 15.2. The van der Waals surface area contributed by atoms with E-state index in [1.165, 1.54) is 6.92 Å². The van der Waals surface area contributed by atoms with E-state index in [2.05, 4.69) is 0 Å². The molecule has 2 unspecified atom stereocenters. The van der Waals surface area contributed by atoms with Crippen LogP contribution in [0.2, 0.25) is 0 Å². The van der Waals surface area contributed by atoms with Gasteiger partial charge in [-0.05, 0) is 27.7 Å². The lowest BCUT2D eigenvalue weighted by molar-refractivity contribution is 0.0744. The third-order valence-corrected chi connectivity index (χ3v) is 3.69. The van der Waals surface area contributed by atoms with Crippen molar-refractivity contribution in [3.05, 3.63) is 0 Å². The molecule has 0 aliphatic carbocycles. The fourth-order valence-electron chi connectivity index (χ4n) is 1.58. The lowest BCUT2D eigenvalue weighted by Gasteiger charge is -2.39. The zero-order chi connectivity index (χ0) is 13.3. The predicted octanol–water partition coefficient (Wildman–Crippen LogP) is 0.483. The molecule has 6 nitrogen and oxygen atoms in total. The van der Waals surface area contributed by atoms with Gasteiger partial charge in [0.25, 0.3) is 0 Å². The average molecular weight is 252 g/mol. The summed E-state index contributed by atoms with van der Waals surface area (Å²) < 4.78 is 22.6. The molecule has 96 valence electrons. The number of amides is 1. The molecule has 3 N–H and O–H groups in total. The smallest absolute Gasteiger partial charge is 0.408 e. The van der Waals surface area contributed by atoms with Gasteiger partial charge in [0.1, 0.15) is 5.37 Å². The summed E-state index contributed by atoms with van der Waals surface area (Å²) in [5, 5.41) is 7.85. The number of hydrogen-bond donors (Lipinski definition) is 2. The Balaban J connectivity index is 5.21. The van der Waals surface area contributed by atoms with Crippen molar-refractivity contribution >= 4 is 15.9 Å². The molecule has 0 radical (unpaired) electrons. The molecule has 0 aliphatic rings. The summed E-state index contributed by atoms with van der Waals surface area (Å²) >= 11 is 0. The Labute approximate surface area is 96.3 Å². The molecule has 0 aromatic carbocycles. The molecule has 0 bridgehead atoms. The van der Waals surface area contributed by atoms with Crippen LogP contribution in [0.4, 0.5) is 4.79 Å². The molecule has 0 aromatic rings. The maximum absolute atomic E-state index is 11.3. The van der Waals surface area contributed by atoms with Crippen molar-refractivity contribution in [3.8, 4) is 0 Å². The van der Waals surface area contributed by atoms with Crippen LogP contribution in [0.5, 0.6) is 0 Å². The summed E-state index contributed by atoms with van der Waals surface area (Å²) in [6.07, 6.45) is -0.185. The molecule has 0 spiro atoms. The molecular weight excluding hydrogens is 232 g/mol. The van der Waals surface area contributed by atoms with E-state index in [0.29, 0.717) is 0 Å². The summed E-state index contributed by atoms with van der Waals surface area (Å²) in [5.74, 6) is 0. The summed E-state index contributed by atoms with van der Waals surface area (Å²) in [7, 11) is -3.47. The second-order valence-corrected chi connectivity index (χ2v) is 7.06. The number of nitrogens with two attached hydrogens (primary N) is 1. The molecular formula is C9H20N2O4S. The van der Waals surface area contributed by atoms with Crippen LogP contribution in [-0.4, -0.2) is 47.7 Å². The van der Waals surface area contributed by atoms with Gasteiger partial charge in [-0.25, -0.2) is 13.2 Å². The van der Waals surface area contributed by atoms with Gasteiger partial charge in [-0.1, -0.05) is 0 Å². The molecule has 2 atom stereocenters. The zero-order valence-corrected chi connectivity index (χ0v) is 11.1. The first-order chi connectivity index (χ1) is 6.89. The van der Waals surface area contributed by atoms with E-state index in [0.717, 1.165) is 11.2 Å². The van der Waals surface area contributed by atoms with Crippen molar-refractivity contribution in [2.45, 2.75) is 44.6 Å². The highest BCUT2D eigenvalue weighted by Gasteiger charge is 2.37. The zero-order valence-electron chi connectivity index (χ0n) is 10.3. The van der Waals surface area contributed by atoms with Crippen molar-refractivity contribution in [1.29, 1.82) is 0 Å². The van der Waals surface area contributed by atoms with E-state index >= 15 is 0 Å². The summed E-state index contributed by atoms with van der Waals surface area (Å²) in [6.45, 7) is 6.55. The Hall–Kier alpha value is -0.820. The standard InChI is InChI=1S/C9H20N2O4S/c1-6(7(10)16(5,14)15)11(8(12)13)9(2,3)4/h6-7H,10H2,1-5H3,(H,12,13). The van der Waals surface area contributed by atoms with Crippen molar-refractivity contribution in [1.82, 2.24) is 4.90 Å². The lowest BCUT2D eigenvalue weighted by atomic mass is 10.0. The maximum atomic E-state index is 11.3. The van der Waals surface area contributed by atoms with Gasteiger partial charge < -0.3 is 10.8 Å². The van der Waals surface area contributed by atoms with Crippen molar-refractivity contribution in [2.75, 3.05) is 6.26 Å². The Morgan fingerprint density at radius 1 is 1.38 bits per heavy atom. The molecule has 0 heterocycles. The second kappa shape index (κ2) is 4.58. The minimum atomic E-state index is -3.47. The third kappa shape index (κ3) is 3.64. The summed E-state index contributed by atoms with van der Waals surface area (Å²) in [6, 6.07) is -0.799. The maximum Gasteiger partial charge on any atom is 0.408 e. The Bertz CT molecular complexity index is 358. The highest BCUT2D eigenvalue weighted by molar-refractivity contribution is 7.91. The normalized spacial score (nSPS) is 16.6. The van der Waals surface area contributed by atoms with E-state index in [1.807, 2.05) is 0 Å². The second-order valence-electron chi connectivity index (χ2n) is 4.86.